The Morgan fingerprint density at radius 1 is 1.36 bits per heavy atom. The summed E-state index contributed by atoms with van der Waals surface area (Å²) in [7, 11) is 0. The van der Waals surface area contributed by atoms with Crippen LogP contribution < -0.4 is 5.73 Å². The summed E-state index contributed by atoms with van der Waals surface area (Å²) in [5, 5.41) is 0. The van der Waals surface area contributed by atoms with Crippen molar-refractivity contribution in [2.45, 2.75) is 32.7 Å². The Bertz CT molecular complexity index is 447. The number of hydrogen-bond acceptors (Lipinski definition) is 3. The Kier molecular flexibility index (Phi) is 6.87. The van der Waals surface area contributed by atoms with E-state index in [2.05, 4.69) is 17.0 Å². The van der Waals surface area contributed by atoms with Gasteiger partial charge in [0.05, 0.1) is 6.54 Å². The molecule has 0 aliphatic carbocycles. The topological polar surface area (TPSA) is 49.6 Å². The summed E-state index contributed by atoms with van der Waals surface area (Å²) in [5.74, 6) is 0.899. The molecule has 1 heterocycles. The fraction of sp³-hybridized carbons (Fsp3) is 0.611. The van der Waals surface area contributed by atoms with Gasteiger partial charge in [0.1, 0.15) is 0 Å². The van der Waals surface area contributed by atoms with Crippen molar-refractivity contribution in [3.8, 4) is 0 Å². The lowest BCUT2D eigenvalue weighted by atomic mass is 9.95. The molecule has 0 bridgehead atoms. The molecule has 1 aliphatic rings. The highest BCUT2D eigenvalue weighted by atomic mass is 16.2. The molecule has 2 rings (SSSR count). The van der Waals surface area contributed by atoms with Crippen LogP contribution in [0.1, 0.15) is 31.7 Å². The lowest BCUT2D eigenvalue weighted by molar-refractivity contribution is -0.133. The van der Waals surface area contributed by atoms with Gasteiger partial charge in [0.2, 0.25) is 5.91 Å². The van der Waals surface area contributed by atoms with Crippen LogP contribution in [0.2, 0.25) is 0 Å². The van der Waals surface area contributed by atoms with Gasteiger partial charge in [-0.15, -0.1) is 0 Å². The monoisotopic (exact) mass is 303 g/mol. The first-order chi connectivity index (χ1) is 10.7. The summed E-state index contributed by atoms with van der Waals surface area (Å²) in [4.78, 5) is 16.8. The van der Waals surface area contributed by atoms with Crippen molar-refractivity contribution in [1.29, 1.82) is 0 Å². The van der Waals surface area contributed by atoms with E-state index < -0.39 is 0 Å². The lowest BCUT2D eigenvalue weighted by Crippen LogP contribution is -2.44. The highest BCUT2D eigenvalue weighted by molar-refractivity contribution is 5.78. The highest BCUT2D eigenvalue weighted by Gasteiger charge is 2.22. The zero-order valence-electron chi connectivity index (χ0n) is 13.7. The molecule has 1 aromatic rings. The average molecular weight is 303 g/mol. The maximum atomic E-state index is 12.6. The Morgan fingerprint density at radius 2 is 2.14 bits per heavy atom. The van der Waals surface area contributed by atoms with Crippen LogP contribution in [0.25, 0.3) is 0 Å². The Labute approximate surface area is 134 Å². The quantitative estimate of drug-likeness (QED) is 0.839. The van der Waals surface area contributed by atoms with Crippen LogP contribution in [-0.4, -0.2) is 48.4 Å². The maximum Gasteiger partial charge on any atom is 0.237 e. The molecule has 1 saturated heterocycles. The molecule has 1 aliphatic heterocycles. The van der Waals surface area contributed by atoms with E-state index in [0.717, 1.165) is 32.6 Å². The van der Waals surface area contributed by atoms with Crippen LogP contribution >= 0.6 is 0 Å². The van der Waals surface area contributed by atoms with Crippen LogP contribution in [0.3, 0.4) is 0 Å². The van der Waals surface area contributed by atoms with Gasteiger partial charge < -0.3 is 10.6 Å². The molecule has 1 unspecified atom stereocenters. The fourth-order valence-electron chi connectivity index (χ4n) is 3.24. The van der Waals surface area contributed by atoms with E-state index in [1.54, 1.807) is 0 Å². The van der Waals surface area contributed by atoms with E-state index in [9.17, 15) is 4.79 Å². The molecule has 1 atom stereocenters. The molecule has 0 spiro atoms. The van der Waals surface area contributed by atoms with Gasteiger partial charge in [-0.1, -0.05) is 30.3 Å². The Hall–Kier alpha value is -1.39. The summed E-state index contributed by atoms with van der Waals surface area (Å²) in [6, 6.07) is 10.2. The van der Waals surface area contributed by atoms with Crippen LogP contribution in [0, 0.1) is 5.92 Å². The van der Waals surface area contributed by atoms with Crippen LogP contribution in [-0.2, 0) is 11.3 Å². The van der Waals surface area contributed by atoms with E-state index in [0.29, 0.717) is 19.0 Å². The number of rotatable bonds is 7. The third-order valence-electron chi connectivity index (χ3n) is 4.49. The molecule has 0 aromatic heterocycles. The van der Waals surface area contributed by atoms with Crippen molar-refractivity contribution in [3.63, 3.8) is 0 Å². The Morgan fingerprint density at radius 3 is 2.82 bits per heavy atom. The second kappa shape index (κ2) is 8.91. The molecule has 0 saturated carbocycles. The summed E-state index contributed by atoms with van der Waals surface area (Å²) < 4.78 is 0. The molecule has 1 amide bonds. The molecule has 0 radical (unpaired) electrons. The highest BCUT2D eigenvalue weighted by Crippen LogP contribution is 2.19. The molecule has 1 fully saturated rings. The van der Waals surface area contributed by atoms with E-state index in [1.807, 2.05) is 30.0 Å². The van der Waals surface area contributed by atoms with E-state index in [1.165, 1.54) is 18.4 Å². The zero-order valence-corrected chi connectivity index (χ0v) is 13.7. The van der Waals surface area contributed by atoms with Crippen molar-refractivity contribution in [1.82, 2.24) is 9.80 Å². The van der Waals surface area contributed by atoms with Gasteiger partial charge >= 0.3 is 0 Å². The smallest absolute Gasteiger partial charge is 0.237 e. The van der Waals surface area contributed by atoms with Crippen LogP contribution in [0.15, 0.2) is 30.3 Å². The first kappa shape index (κ1) is 17.0. The maximum absolute atomic E-state index is 12.6. The van der Waals surface area contributed by atoms with Crippen LogP contribution in [0.4, 0.5) is 0 Å². The molecule has 4 heteroatoms. The van der Waals surface area contributed by atoms with Gasteiger partial charge in [0.25, 0.3) is 0 Å². The summed E-state index contributed by atoms with van der Waals surface area (Å²) >= 11 is 0. The third-order valence-corrected chi connectivity index (χ3v) is 4.49. The normalized spacial score (nSPS) is 19.1. The minimum atomic E-state index is 0.236. The van der Waals surface area contributed by atoms with Gasteiger partial charge in [0.15, 0.2) is 0 Å². The lowest BCUT2D eigenvalue weighted by Gasteiger charge is -2.33. The van der Waals surface area contributed by atoms with Gasteiger partial charge in [-0.3, -0.25) is 9.69 Å². The number of carbonyl (C=O) groups excluding carboxylic acids is 1. The second-order valence-electron chi connectivity index (χ2n) is 6.21. The molecule has 4 nitrogen and oxygen atoms in total. The number of amides is 1. The number of nitrogens with two attached hydrogens (primary N) is 1. The molecule has 22 heavy (non-hydrogen) atoms. The standard InChI is InChI=1S/C18H29N3O/c1-2-21(14-16-7-4-3-5-8-16)18(22)15-20-12-6-9-17(13-20)10-11-19/h3-5,7-8,17H,2,6,9-15,19H2,1H3. The molecule has 122 valence electrons. The van der Waals surface area contributed by atoms with Crippen molar-refractivity contribution in [3.05, 3.63) is 35.9 Å². The number of carbonyl (C=O) groups is 1. The minimum absolute atomic E-state index is 0.236. The number of nitrogens with zero attached hydrogens (tertiary/aromatic N) is 2. The number of hydrogen-bond donors (Lipinski definition) is 1. The number of likely N-dealkylation sites (N-methyl/N-ethyl adjacent to an activating group) is 1. The van der Waals surface area contributed by atoms with Crippen molar-refractivity contribution >= 4 is 5.91 Å². The summed E-state index contributed by atoms with van der Waals surface area (Å²) in [6.07, 6.45) is 3.51. The van der Waals surface area contributed by atoms with Crippen molar-refractivity contribution in [2.75, 3.05) is 32.7 Å². The molecule has 2 N–H and O–H groups in total. The van der Waals surface area contributed by atoms with Crippen LogP contribution in [0.5, 0.6) is 0 Å². The van der Waals surface area contributed by atoms with E-state index in [4.69, 9.17) is 5.73 Å². The van der Waals surface area contributed by atoms with Gasteiger partial charge in [-0.25, -0.2) is 0 Å². The second-order valence-corrected chi connectivity index (χ2v) is 6.21. The molecular formula is C18H29N3O. The number of piperidine rings is 1. The zero-order chi connectivity index (χ0) is 15.8. The van der Waals surface area contributed by atoms with E-state index >= 15 is 0 Å². The first-order valence-corrected chi connectivity index (χ1v) is 8.47. The number of likely N-dealkylation sites (tertiary alicyclic amines) is 1. The molecule has 1 aromatic carbocycles. The molecular weight excluding hydrogens is 274 g/mol. The Balaban J connectivity index is 1.86. The summed E-state index contributed by atoms with van der Waals surface area (Å²) in [5.41, 5.74) is 6.86. The average Bonchev–Trinajstić information content (AvgIpc) is 2.54. The predicted octanol–water partition coefficient (Wildman–Crippen LogP) is 2.10. The van der Waals surface area contributed by atoms with Gasteiger partial charge in [-0.2, -0.15) is 0 Å². The largest absolute Gasteiger partial charge is 0.338 e. The van der Waals surface area contributed by atoms with E-state index in [-0.39, 0.29) is 5.91 Å². The fourth-order valence-corrected chi connectivity index (χ4v) is 3.24. The van der Waals surface area contributed by atoms with Gasteiger partial charge in [-0.05, 0) is 50.8 Å². The first-order valence-electron chi connectivity index (χ1n) is 8.47. The predicted molar refractivity (Wildman–Crippen MR) is 90.4 cm³/mol. The third kappa shape index (κ3) is 5.11. The van der Waals surface area contributed by atoms with Crippen molar-refractivity contribution in [2.24, 2.45) is 11.7 Å². The summed E-state index contributed by atoms with van der Waals surface area (Å²) in [6.45, 7) is 6.86. The number of benzene rings is 1. The van der Waals surface area contributed by atoms with Crippen molar-refractivity contribution < 1.29 is 4.79 Å². The minimum Gasteiger partial charge on any atom is -0.338 e. The van der Waals surface area contributed by atoms with Gasteiger partial charge in [0, 0.05) is 19.6 Å². The SMILES string of the molecule is CCN(Cc1ccccc1)C(=O)CN1CCCC(CCN)C1.